The molecule has 0 aliphatic carbocycles. The number of aromatic amines is 1. The van der Waals surface area contributed by atoms with Gasteiger partial charge in [-0.1, -0.05) is 0 Å². The summed E-state index contributed by atoms with van der Waals surface area (Å²) in [6.45, 7) is 3.81. The van der Waals surface area contributed by atoms with Crippen LogP contribution in [-0.4, -0.2) is 48.4 Å². The lowest BCUT2D eigenvalue weighted by Gasteiger charge is -2.31. The van der Waals surface area contributed by atoms with Gasteiger partial charge in [-0.15, -0.1) is 0 Å². The molecule has 1 amide bonds. The largest absolute Gasteiger partial charge is 0.343 e. The van der Waals surface area contributed by atoms with Gasteiger partial charge in [0.2, 0.25) is 5.91 Å². The van der Waals surface area contributed by atoms with Gasteiger partial charge in [0.15, 0.2) is 0 Å². The van der Waals surface area contributed by atoms with Crippen LogP contribution in [0.15, 0.2) is 23.3 Å². The molecule has 8 heteroatoms. The van der Waals surface area contributed by atoms with Crippen molar-refractivity contribution in [1.82, 2.24) is 29.4 Å². The van der Waals surface area contributed by atoms with Gasteiger partial charge in [-0.3, -0.25) is 14.0 Å². The van der Waals surface area contributed by atoms with Gasteiger partial charge in [0, 0.05) is 50.4 Å². The predicted molar refractivity (Wildman–Crippen MR) is 89.3 cm³/mol. The molecule has 0 aromatic carbocycles. The molecule has 1 fully saturated rings. The lowest BCUT2D eigenvalue weighted by molar-refractivity contribution is -0.127. The average Bonchev–Trinajstić information content (AvgIpc) is 3.18. The first kappa shape index (κ1) is 16.2. The SMILES string of the molecule is CCn1c(C2CCCN(C(=O)/C=C/c3cnn(C)c3)C2)n[nH]c1=O. The third-order valence-corrected chi connectivity index (χ3v) is 4.35. The maximum atomic E-state index is 12.4. The summed E-state index contributed by atoms with van der Waals surface area (Å²) in [6, 6.07) is 0. The maximum Gasteiger partial charge on any atom is 0.343 e. The molecule has 3 rings (SSSR count). The Hall–Kier alpha value is -2.64. The smallest absolute Gasteiger partial charge is 0.338 e. The van der Waals surface area contributed by atoms with Crippen LogP contribution in [0, 0.1) is 0 Å². The van der Waals surface area contributed by atoms with Crippen LogP contribution in [0.2, 0.25) is 0 Å². The number of carbonyl (C=O) groups is 1. The van der Waals surface area contributed by atoms with Gasteiger partial charge < -0.3 is 4.90 Å². The lowest BCUT2D eigenvalue weighted by Crippen LogP contribution is -2.39. The molecular weight excluding hydrogens is 308 g/mol. The highest BCUT2D eigenvalue weighted by atomic mass is 16.2. The lowest BCUT2D eigenvalue weighted by atomic mass is 9.97. The molecule has 1 aliphatic heterocycles. The summed E-state index contributed by atoms with van der Waals surface area (Å²) in [7, 11) is 1.84. The van der Waals surface area contributed by atoms with E-state index in [1.807, 2.05) is 25.1 Å². The second-order valence-electron chi connectivity index (χ2n) is 6.04. The van der Waals surface area contributed by atoms with E-state index in [4.69, 9.17) is 0 Å². The molecule has 8 nitrogen and oxygen atoms in total. The van der Waals surface area contributed by atoms with Crippen LogP contribution in [0.1, 0.15) is 37.1 Å². The van der Waals surface area contributed by atoms with Crippen molar-refractivity contribution < 1.29 is 4.79 Å². The Morgan fingerprint density at radius 3 is 3.04 bits per heavy atom. The third-order valence-electron chi connectivity index (χ3n) is 4.35. The van der Waals surface area contributed by atoms with Gasteiger partial charge in [-0.2, -0.15) is 10.2 Å². The maximum absolute atomic E-state index is 12.4. The first-order valence-electron chi connectivity index (χ1n) is 8.19. The Morgan fingerprint density at radius 2 is 2.33 bits per heavy atom. The van der Waals surface area contributed by atoms with Crippen LogP contribution >= 0.6 is 0 Å². The predicted octanol–water partition coefficient (Wildman–Crippen LogP) is 0.744. The van der Waals surface area contributed by atoms with Crippen molar-refractivity contribution >= 4 is 12.0 Å². The molecule has 3 heterocycles. The third kappa shape index (κ3) is 3.32. The van der Waals surface area contributed by atoms with Gasteiger partial charge in [-0.25, -0.2) is 9.89 Å². The molecule has 2 aromatic heterocycles. The molecule has 2 aromatic rings. The van der Waals surface area contributed by atoms with Gasteiger partial charge in [0.1, 0.15) is 5.82 Å². The molecule has 1 saturated heterocycles. The minimum absolute atomic E-state index is 0.0236. The first-order chi connectivity index (χ1) is 11.6. The number of piperidine rings is 1. The van der Waals surface area contributed by atoms with Gasteiger partial charge in [0.25, 0.3) is 0 Å². The normalized spacial score (nSPS) is 18.4. The van der Waals surface area contributed by atoms with Crippen LogP contribution < -0.4 is 5.69 Å². The number of likely N-dealkylation sites (tertiary alicyclic amines) is 1. The van der Waals surface area contributed by atoms with Crippen molar-refractivity contribution in [3.05, 3.63) is 40.3 Å². The van der Waals surface area contributed by atoms with Crippen molar-refractivity contribution in [3.8, 4) is 0 Å². The molecule has 1 aliphatic rings. The molecule has 1 unspecified atom stereocenters. The van der Waals surface area contributed by atoms with Gasteiger partial charge >= 0.3 is 5.69 Å². The summed E-state index contributed by atoms with van der Waals surface area (Å²) < 4.78 is 3.34. The molecule has 1 N–H and O–H groups in total. The number of amides is 1. The Kier molecular flexibility index (Phi) is 4.64. The minimum Gasteiger partial charge on any atom is -0.338 e. The molecule has 0 saturated carbocycles. The topological polar surface area (TPSA) is 88.8 Å². The molecule has 1 atom stereocenters. The Morgan fingerprint density at radius 1 is 1.50 bits per heavy atom. The summed E-state index contributed by atoms with van der Waals surface area (Å²) in [4.78, 5) is 26.0. The van der Waals surface area contributed by atoms with E-state index in [1.165, 1.54) is 0 Å². The number of rotatable bonds is 4. The summed E-state index contributed by atoms with van der Waals surface area (Å²) in [5.74, 6) is 0.814. The highest BCUT2D eigenvalue weighted by molar-refractivity contribution is 5.91. The zero-order valence-electron chi connectivity index (χ0n) is 14.0. The number of nitrogens with one attached hydrogen (secondary N) is 1. The van der Waals surface area contributed by atoms with Crippen LogP contribution in [-0.2, 0) is 18.4 Å². The Bertz CT molecular complexity index is 800. The zero-order chi connectivity index (χ0) is 17.1. The second kappa shape index (κ2) is 6.86. The van der Waals surface area contributed by atoms with Crippen molar-refractivity contribution in [1.29, 1.82) is 0 Å². The minimum atomic E-state index is -0.188. The van der Waals surface area contributed by atoms with Gasteiger partial charge in [-0.05, 0) is 25.8 Å². The van der Waals surface area contributed by atoms with Crippen molar-refractivity contribution in [2.24, 2.45) is 7.05 Å². The highest BCUT2D eigenvalue weighted by Gasteiger charge is 2.27. The molecule has 24 heavy (non-hydrogen) atoms. The molecule has 128 valence electrons. The molecule has 0 bridgehead atoms. The van der Waals surface area contributed by atoms with Crippen LogP contribution in [0.3, 0.4) is 0 Å². The van der Waals surface area contributed by atoms with E-state index in [0.717, 1.165) is 30.8 Å². The van der Waals surface area contributed by atoms with E-state index in [2.05, 4.69) is 15.3 Å². The number of carbonyl (C=O) groups excluding carboxylic acids is 1. The first-order valence-corrected chi connectivity index (χ1v) is 8.19. The number of aromatic nitrogens is 5. The number of hydrogen-bond acceptors (Lipinski definition) is 4. The summed E-state index contributed by atoms with van der Waals surface area (Å²) in [5.41, 5.74) is 0.707. The van der Waals surface area contributed by atoms with Gasteiger partial charge in [0.05, 0.1) is 6.20 Å². The molecule has 0 spiro atoms. The average molecular weight is 330 g/mol. The number of nitrogens with zero attached hydrogens (tertiary/aromatic N) is 5. The number of H-pyrrole nitrogens is 1. The van der Waals surface area contributed by atoms with E-state index >= 15 is 0 Å². The van der Waals surface area contributed by atoms with E-state index in [0.29, 0.717) is 13.1 Å². The van der Waals surface area contributed by atoms with E-state index < -0.39 is 0 Å². The fourth-order valence-electron chi connectivity index (χ4n) is 3.13. The Balaban J connectivity index is 1.69. The van der Waals surface area contributed by atoms with Crippen molar-refractivity contribution in [2.75, 3.05) is 13.1 Å². The van der Waals surface area contributed by atoms with E-state index in [1.54, 1.807) is 27.6 Å². The van der Waals surface area contributed by atoms with Crippen LogP contribution in [0.4, 0.5) is 0 Å². The van der Waals surface area contributed by atoms with Crippen molar-refractivity contribution in [2.45, 2.75) is 32.2 Å². The second-order valence-corrected chi connectivity index (χ2v) is 6.04. The fourth-order valence-corrected chi connectivity index (χ4v) is 3.13. The van der Waals surface area contributed by atoms with E-state index in [9.17, 15) is 9.59 Å². The number of hydrogen-bond donors (Lipinski definition) is 1. The number of aryl methyl sites for hydroxylation is 1. The van der Waals surface area contributed by atoms with Crippen molar-refractivity contribution in [3.63, 3.8) is 0 Å². The summed E-state index contributed by atoms with van der Waals surface area (Å²) in [6.07, 6.45) is 8.76. The highest BCUT2D eigenvalue weighted by Crippen LogP contribution is 2.25. The Labute approximate surface area is 139 Å². The summed E-state index contributed by atoms with van der Waals surface area (Å²) in [5, 5.41) is 10.7. The van der Waals surface area contributed by atoms with Crippen LogP contribution in [0.5, 0.6) is 0 Å². The van der Waals surface area contributed by atoms with E-state index in [-0.39, 0.29) is 17.5 Å². The monoisotopic (exact) mass is 330 g/mol. The molecule has 0 radical (unpaired) electrons. The fraction of sp³-hybridized carbons (Fsp3) is 0.500. The standard InChI is InChI=1S/C16H22N6O2/c1-3-22-15(18-19-16(22)24)13-5-4-8-21(11-13)14(23)7-6-12-9-17-20(2)10-12/h6-7,9-10,13H,3-5,8,11H2,1-2H3,(H,19,24)/b7-6+. The summed E-state index contributed by atoms with van der Waals surface area (Å²) >= 11 is 0. The zero-order valence-corrected chi connectivity index (χ0v) is 14.0. The van der Waals surface area contributed by atoms with Crippen LogP contribution in [0.25, 0.3) is 6.08 Å². The quantitative estimate of drug-likeness (QED) is 0.838. The molecular formula is C16H22N6O2.